The molecule has 2 aromatic carbocycles. The van der Waals surface area contributed by atoms with Gasteiger partial charge in [0.2, 0.25) is 0 Å². The SMILES string of the molecule is CC(C)N(C(=O)c1ccc(C(=O)Nc2cccc(NC(=O)c3ccc(C(=O)N(C(C)C)C(C)C)cc3)n2)cc1)C(C)C. The highest BCUT2D eigenvalue weighted by molar-refractivity contribution is 6.06. The summed E-state index contributed by atoms with van der Waals surface area (Å²) in [6, 6.07) is 18.1. The van der Waals surface area contributed by atoms with Crippen LogP contribution in [0.4, 0.5) is 11.6 Å². The average molecular weight is 572 g/mol. The smallest absolute Gasteiger partial charge is 0.256 e. The molecule has 42 heavy (non-hydrogen) atoms. The number of aromatic nitrogens is 1. The second kappa shape index (κ2) is 13.9. The van der Waals surface area contributed by atoms with Crippen LogP contribution < -0.4 is 10.6 Å². The van der Waals surface area contributed by atoms with Crippen molar-refractivity contribution >= 4 is 35.3 Å². The molecular formula is C33H41N5O4. The zero-order chi connectivity index (χ0) is 31.1. The Kier molecular flexibility index (Phi) is 10.6. The third-order valence-electron chi connectivity index (χ3n) is 6.71. The van der Waals surface area contributed by atoms with Crippen LogP contribution in [0.2, 0.25) is 0 Å². The number of nitrogens with one attached hydrogen (secondary N) is 2. The third-order valence-corrected chi connectivity index (χ3v) is 6.71. The van der Waals surface area contributed by atoms with Gasteiger partial charge in [-0.2, -0.15) is 0 Å². The second-order valence-electron chi connectivity index (χ2n) is 11.3. The van der Waals surface area contributed by atoms with E-state index in [1.54, 1.807) is 76.5 Å². The minimum atomic E-state index is -0.397. The molecule has 1 heterocycles. The predicted octanol–water partition coefficient (Wildman–Crippen LogP) is 6.10. The molecule has 9 nitrogen and oxygen atoms in total. The number of nitrogens with zero attached hydrogens (tertiary/aromatic N) is 3. The Labute approximate surface area is 248 Å². The molecule has 3 aromatic rings. The summed E-state index contributed by atoms with van der Waals surface area (Å²) in [6.45, 7) is 15.7. The van der Waals surface area contributed by atoms with Gasteiger partial charge in [0.05, 0.1) is 0 Å². The molecular weight excluding hydrogens is 530 g/mol. The van der Waals surface area contributed by atoms with Crippen molar-refractivity contribution in [3.63, 3.8) is 0 Å². The maximum atomic E-state index is 12.9. The van der Waals surface area contributed by atoms with E-state index in [4.69, 9.17) is 0 Å². The standard InChI is InChI=1S/C33H41N5O4/c1-20(2)37(21(3)4)32(41)26-16-12-24(13-17-26)30(39)35-28-10-9-11-29(34-28)36-31(40)25-14-18-27(19-15-25)33(42)38(22(5)6)23(7)8/h9-23H,1-8H3,(H2,34,35,36,39,40). The van der Waals surface area contributed by atoms with E-state index in [1.807, 2.05) is 55.4 Å². The molecule has 0 bridgehead atoms. The van der Waals surface area contributed by atoms with Crippen molar-refractivity contribution in [2.75, 3.05) is 10.6 Å². The van der Waals surface area contributed by atoms with Gasteiger partial charge >= 0.3 is 0 Å². The van der Waals surface area contributed by atoms with E-state index >= 15 is 0 Å². The fourth-order valence-electron chi connectivity index (χ4n) is 4.91. The number of rotatable bonds is 10. The lowest BCUT2D eigenvalue weighted by Crippen LogP contribution is -2.42. The normalized spacial score (nSPS) is 11.1. The molecule has 0 saturated heterocycles. The summed E-state index contributed by atoms with van der Waals surface area (Å²) >= 11 is 0. The first-order chi connectivity index (χ1) is 19.8. The Morgan fingerprint density at radius 3 is 1.07 bits per heavy atom. The van der Waals surface area contributed by atoms with E-state index in [2.05, 4.69) is 15.6 Å². The summed E-state index contributed by atoms with van der Waals surface area (Å²) in [5.74, 6) is -0.463. The second-order valence-corrected chi connectivity index (χ2v) is 11.3. The van der Waals surface area contributed by atoms with Crippen LogP contribution in [-0.2, 0) is 0 Å². The molecule has 0 atom stereocenters. The van der Waals surface area contributed by atoms with Gasteiger partial charge in [0.1, 0.15) is 11.6 Å². The van der Waals surface area contributed by atoms with E-state index in [9.17, 15) is 19.2 Å². The van der Waals surface area contributed by atoms with Gasteiger partial charge in [0.15, 0.2) is 0 Å². The van der Waals surface area contributed by atoms with Gasteiger partial charge in [0.25, 0.3) is 23.6 Å². The van der Waals surface area contributed by atoms with Crippen molar-refractivity contribution in [1.82, 2.24) is 14.8 Å². The van der Waals surface area contributed by atoms with Gasteiger partial charge in [-0.3, -0.25) is 19.2 Å². The van der Waals surface area contributed by atoms with Crippen LogP contribution in [0.3, 0.4) is 0 Å². The Morgan fingerprint density at radius 2 is 0.786 bits per heavy atom. The van der Waals surface area contributed by atoms with Gasteiger partial charge in [-0.05, 0) is 116 Å². The molecule has 2 N–H and O–H groups in total. The molecule has 0 saturated carbocycles. The maximum absolute atomic E-state index is 12.9. The largest absolute Gasteiger partial charge is 0.334 e. The zero-order valence-electron chi connectivity index (χ0n) is 25.6. The fourth-order valence-corrected chi connectivity index (χ4v) is 4.91. The van der Waals surface area contributed by atoms with Crippen molar-refractivity contribution in [2.45, 2.75) is 79.6 Å². The Bertz CT molecular complexity index is 1290. The highest BCUT2D eigenvalue weighted by Gasteiger charge is 2.23. The molecule has 3 rings (SSSR count). The number of carbonyl (C=O) groups excluding carboxylic acids is 4. The Morgan fingerprint density at radius 1 is 0.500 bits per heavy atom. The minimum Gasteiger partial charge on any atom is -0.334 e. The van der Waals surface area contributed by atoms with Crippen molar-refractivity contribution in [1.29, 1.82) is 0 Å². The summed E-state index contributed by atoms with van der Waals surface area (Å²) in [7, 11) is 0. The van der Waals surface area contributed by atoms with Crippen molar-refractivity contribution in [2.24, 2.45) is 0 Å². The average Bonchev–Trinajstić information content (AvgIpc) is 2.92. The molecule has 0 unspecified atom stereocenters. The molecule has 0 aliphatic rings. The lowest BCUT2D eigenvalue weighted by Gasteiger charge is -2.30. The zero-order valence-corrected chi connectivity index (χ0v) is 25.6. The minimum absolute atomic E-state index is 0.0493. The number of anilines is 2. The van der Waals surface area contributed by atoms with Gasteiger partial charge in [-0.15, -0.1) is 0 Å². The molecule has 222 valence electrons. The van der Waals surface area contributed by atoms with Crippen LogP contribution in [0, 0.1) is 0 Å². The predicted molar refractivity (Wildman–Crippen MR) is 166 cm³/mol. The highest BCUT2D eigenvalue weighted by Crippen LogP contribution is 2.17. The van der Waals surface area contributed by atoms with Crippen LogP contribution in [-0.4, -0.2) is 62.6 Å². The number of pyridine rings is 1. The van der Waals surface area contributed by atoms with E-state index in [-0.39, 0.29) is 47.6 Å². The first kappa shape index (κ1) is 32.0. The monoisotopic (exact) mass is 571 g/mol. The first-order valence-electron chi connectivity index (χ1n) is 14.2. The Hall–Kier alpha value is -4.53. The van der Waals surface area contributed by atoms with Crippen molar-refractivity contribution < 1.29 is 19.2 Å². The van der Waals surface area contributed by atoms with Crippen LogP contribution in [0.1, 0.15) is 96.8 Å². The van der Waals surface area contributed by atoms with Crippen LogP contribution in [0.5, 0.6) is 0 Å². The first-order valence-corrected chi connectivity index (χ1v) is 14.2. The summed E-state index contributed by atoms with van der Waals surface area (Å²) in [4.78, 5) is 59.5. The van der Waals surface area contributed by atoms with E-state index in [1.165, 1.54) is 0 Å². The molecule has 0 radical (unpaired) electrons. The highest BCUT2D eigenvalue weighted by atomic mass is 16.2. The van der Waals surface area contributed by atoms with E-state index < -0.39 is 11.8 Å². The molecule has 4 amide bonds. The van der Waals surface area contributed by atoms with Crippen LogP contribution in [0.25, 0.3) is 0 Å². The molecule has 9 heteroatoms. The van der Waals surface area contributed by atoms with E-state index in [0.717, 1.165) is 0 Å². The van der Waals surface area contributed by atoms with Crippen LogP contribution >= 0.6 is 0 Å². The molecule has 1 aromatic heterocycles. The van der Waals surface area contributed by atoms with Gasteiger partial charge in [0, 0.05) is 46.4 Å². The quantitative estimate of drug-likeness (QED) is 0.305. The van der Waals surface area contributed by atoms with Gasteiger partial charge in [-0.1, -0.05) is 6.07 Å². The summed E-state index contributed by atoms with van der Waals surface area (Å²) in [6.07, 6.45) is 0. The summed E-state index contributed by atoms with van der Waals surface area (Å²) in [5.41, 5.74) is 1.75. The van der Waals surface area contributed by atoms with Crippen molar-refractivity contribution in [3.8, 4) is 0 Å². The number of benzene rings is 2. The number of amides is 4. The number of hydrogen-bond donors (Lipinski definition) is 2. The number of hydrogen-bond acceptors (Lipinski definition) is 5. The van der Waals surface area contributed by atoms with Gasteiger partial charge < -0.3 is 20.4 Å². The van der Waals surface area contributed by atoms with Crippen molar-refractivity contribution in [3.05, 3.63) is 89.0 Å². The van der Waals surface area contributed by atoms with E-state index in [0.29, 0.717) is 22.3 Å². The van der Waals surface area contributed by atoms with Gasteiger partial charge in [-0.25, -0.2) is 4.98 Å². The molecule has 0 aliphatic carbocycles. The molecule has 0 spiro atoms. The molecule has 0 aliphatic heterocycles. The summed E-state index contributed by atoms with van der Waals surface area (Å²) in [5, 5.41) is 5.46. The van der Waals surface area contributed by atoms with Crippen LogP contribution in [0.15, 0.2) is 66.7 Å². The Balaban J connectivity index is 1.65. The summed E-state index contributed by atoms with van der Waals surface area (Å²) < 4.78 is 0. The third kappa shape index (κ3) is 7.81. The molecule has 0 fully saturated rings. The lowest BCUT2D eigenvalue weighted by molar-refractivity contribution is 0.0634. The topological polar surface area (TPSA) is 112 Å². The lowest BCUT2D eigenvalue weighted by atomic mass is 10.1. The number of carbonyl (C=O) groups is 4. The fraction of sp³-hybridized carbons (Fsp3) is 0.364. The maximum Gasteiger partial charge on any atom is 0.256 e.